The van der Waals surface area contributed by atoms with Gasteiger partial charge in [0, 0.05) is 24.7 Å². The third kappa shape index (κ3) is 3.95. The minimum absolute atomic E-state index is 0.131. The Hall–Kier alpha value is -2.58. The predicted octanol–water partition coefficient (Wildman–Crippen LogP) is 2.48. The third-order valence-corrected chi connectivity index (χ3v) is 6.76. The largest absolute Gasteiger partial charge is 0.493 e. The summed E-state index contributed by atoms with van der Waals surface area (Å²) >= 11 is 0. The first kappa shape index (κ1) is 19.7. The van der Waals surface area contributed by atoms with E-state index in [0.717, 1.165) is 29.7 Å². The lowest BCUT2D eigenvalue weighted by atomic mass is 10.2. The van der Waals surface area contributed by atoms with Gasteiger partial charge in [-0.3, -0.25) is 4.79 Å². The van der Waals surface area contributed by atoms with Crippen LogP contribution in [0, 0.1) is 5.92 Å². The van der Waals surface area contributed by atoms with E-state index in [9.17, 15) is 13.2 Å². The van der Waals surface area contributed by atoms with Gasteiger partial charge in [-0.25, -0.2) is 13.1 Å². The van der Waals surface area contributed by atoms with E-state index in [4.69, 9.17) is 9.47 Å². The Balaban J connectivity index is 1.49. The molecular formula is C21H24N2O5S. The van der Waals surface area contributed by atoms with Crippen molar-refractivity contribution in [1.29, 1.82) is 0 Å². The van der Waals surface area contributed by atoms with Gasteiger partial charge in [-0.2, -0.15) is 0 Å². The first-order valence-electron chi connectivity index (χ1n) is 9.58. The highest BCUT2D eigenvalue weighted by atomic mass is 32.2. The van der Waals surface area contributed by atoms with Crippen molar-refractivity contribution in [3.8, 4) is 11.5 Å². The molecule has 0 radical (unpaired) electrons. The summed E-state index contributed by atoms with van der Waals surface area (Å²) in [5, 5.41) is 0. The minimum Gasteiger partial charge on any atom is -0.493 e. The van der Waals surface area contributed by atoms with Crippen LogP contribution in [-0.4, -0.2) is 35.1 Å². The van der Waals surface area contributed by atoms with Gasteiger partial charge in [0.2, 0.25) is 15.9 Å². The molecule has 1 aliphatic carbocycles. The normalized spacial score (nSPS) is 15.9. The molecular weight excluding hydrogens is 392 g/mol. The average Bonchev–Trinajstić information content (AvgIpc) is 3.50. The summed E-state index contributed by atoms with van der Waals surface area (Å²) < 4.78 is 38.6. The fourth-order valence-electron chi connectivity index (χ4n) is 3.58. The molecule has 7 nitrogen and oxygen atoms in total. The van der Waals surface area contributed by atoms with Gasteiger partial charge >= 0.3 is 0 Å². The van der Waals surface area contributed by atoms with Crippen LogP contribution in [0.25, 0.3) is 0 Å². The predicted molar refractivity (Wildman–Crippen MR) is 109 cm³/mol. The van der Waals surface area contributed by atoms with E-state index in [1.54, 1.807) is 48.4 Å². The van der Waals surface area contributed by atoms with Crippen molar-refractivity contribution >= 4 is 21.6 Å². The second-order valence-corrected chi connectivity index (χ2v) is 9.09. The molecule has 0 bridgehead atoms. The third-order valence-electron chi connectivity index (χ3n) is 5.36. The number of fused-ring (bicyclic) bond motifs is 1. The topological polar surface area (TPSA) is 84.9 Å². The van der Waals surface area contributed by atoms with Gasteiger partial charge in [-0.1, -0.05) is 6.07 Å². The summed E-state index contributed by atoms with van der Waals surface area (Å²) in [7, 11) is -0.598. The van der Waals surface area contributed by atoms with Crippen LogP contribution in [0.4, 0.5) is 5.69 Å². The molecule has 2 aromatic carbocycles. The van der Waals surface area contributed by atoms with Crippen LogP contribution in [0.1, 0.15) is 24.0 Å². The second kappa shape index (κ2) is 7.68. The van der Waals surface area contributed by atoms with Gasteiger partial charge < -0.3 is 14.4 Å². The van der Waals surface area contributed by atoms with Crippen LogP contribution in [-0.2, 0) is 27.8 Å². The molecule has 29 heavy (non-hydrogen) atoms. The molecule has 0 atom stereocenters. The number of amides is 1. The molecule has 1 amide bonds. The van der Waals surface area contributed by atoms with Crippen molar-refractivity contribution in [3.05, 3.63) is 47.5 Å². The molecule has 1 N–H and O–H groups in total. The first-order chi connectivity index (χ1) is 13.9. The van der Waals surface area contributed by atoms with Crippen molar-refractivity contribution in [1.82, 2.24) is 4.72 Å². The number of nitrogens with one attached hydrogen (secondary N) is 1. The summed E-state index contributed by atoms with van der Waals surface area (Å²) in [5.41, 5.74) is 2.49. The van der Waals surface area contributed by atoms with E-state index < -0.39 is 10.0 Å². The van der Waals surface area contributed by atoms with E-state index >= 15 is 0 Å². The Morgan fingerprint density at radius 1 is 1.10 bits per heavy atom. The maximum atomic E-state index is 12.8. The zero-order chi connectivity index (χ0) is 20.6. The number of carbonyl (C=O) groups is 1. The smallest absolute Gasteiger partial charge is 0.240 e. The summed E-state index contributed by atoms with van der Waals surface area (Å²) in [4.78, 5) is 14.4. The zero-order valence-corrected chi connectivity index (χ0v) is 17.3. The Kier molecular flexibility index (Phi) is 5.23. The standard InChI is InChI=1S/C21H24N2O5S/c1-27-19-8-3-14(11-20(19)28-2)13-22-29(25,26)17-6-7-18-16(12-17)9-10-23(18)21(24)15-4-5-15/h3,6-8,11-12,15,22H,4-5,9-10,13H2,1-2H3. The van der Waals surface area contributed by atoms with Crippen LogP contribution in [0.3, 0.4) is 0 Å². The second-order valence-electron chi connectivity index (χ2n) is 7.32. The summed E-state index contributed by atoms with van der Waals surface area (Å²) in [6, 6.07) is 10.2. The fraction of sp³-hybridized carbons (Fsp3) is 0.381. The molecule has 1 aliphatic heterocycles. The zero-order valence-electron chi connectivity index (χ0n) is 16.5. The van der Waals surface area contributed by atoms with Crippen LogP contribution in [0.15, 0.2) is 41.3 Å². The molecule has 1 heterocycles. The molecule has 0 aromatic heterocycles. The number of methoxy groups -OCH3 is 2. The molecule has 0 saturated heterocycles. The maximum Gasteiger partial charge on any atom is 0.240 e. The number of nitrogens with zero attached hydrogens (tertiary/aromatic N) is 1. The van der Waals surface area contributed by atoms with Crippen LogP contribution >= 0.6 is 0 Å². The molecule has 0 unspecified atom stereocenters. The lowest BCUT2D eigenvalue weighted by Crippen LogP contribution is -2.30. The minimum atomic E-state index is -3.68. The molecule has 1 saturated carbocycles. The number of sulfonamides is 1. The lowest BCUT2D eigenvalue weighted by Gasteiger charge is -2.17. The van der Waals surface area contributed by atoms with Gasteiger partial charge in [0.05, 0.1) is 19.1 Å². The van der Waals surface area contributed by atoms with Crippen molar-refractivity contribution in [2.24, 2.45) is 5.92 Å². The molecule has 154 valence electrons. The number of hydrogen-bond acceptors (Lipinski definition) is 5. The van der Waals surface area contributed by atoms with Crippen molar-refractivity contribution in [2.75, 3.05) is 25.7 Å². The Labute approximate surface area is 170 Å². The molecule has 2 aromatic rings. The van der Waals surface area contributed by atoms with Gasteiger partial charge in [0.25, 0.3) is 0 Å². The fourth-order valence-corrected chi connectivity index (χ4v) is 4.65. The molecule has 1 fully saturated rings. The van der Waals surface area contributed by atoms with E-state index in [0.29, 0.717) is 24.5 Å². The van der Waals surface area contributed by atoms with Crippen molar-refractivity contribution in [2.45, 2.75) is 30.7 Å². The van der Waals surface area contributed by atoms with Crippen LogP contribution in [0.2, 0.25) is 0 Å². The number of hydrogen-bond donors (Lipinski definition) is 1. The Bertz CT molecular complexity index is 1050. The quantitative estimate of drug-likeness (QED) is 0.750. The Morgan fingerprint density at radius 2 is 1.86 bits per heavy atom. The highest BCUT2D eigenvalue weighted by molar-refractivity contribution is 7.89. The average molecular weight is 416 g/mol. The van der Waals surface area contributed by atoms with E-state index in [1.165, 1.54) is 7.11 Å². The van der Waals surface area contributed by atoms with Crippen LogP contribution < -0.4 is 19.1 Å². The highest BCUT2D eigenvalue weighted by Crippen LogP contribution is 2.37. The summed E-state index contributed by atoms with van der Waals surface area (Å²) in [6.07, 6.45) is 2.58. The number of ether oxygens (including phenoxy) is 2. The van der Waals surface area contributed by atoms with E-state index in [-0.39, 0.29) is 23.3 Å². The number of carbonyl (C=O) groups excluding carboxylic acids is 1. The van der Waals surface area contributed by atoms with Gasteiger partial charge in [0.1, 0.15) is 0 Å². The number of anilines is 1. The van der Waals surface area contributed by atoms with E-state index in [1.807, 2.05) is 0 Å². The van der Waals surface area contributed by atoms with Gasteiger partial charge in [0.15, 0.2) is 11.5 Å². The van der Waals surface area contributed by atoms with Crippen molar-refractivity contribution in [3.63, 3.8) is 0 Å². The van der Waals surface area contributed by atoms with E-state index in [2.05, 4.69) is 4.72 Å². The Morgan fingerprint density at radius 3 is 2.55 bits per heavy atom. The molecule has 0 spiro atoms. The molecule has 8 heteroatoms. The summed E-state index contributed by atoms with van der Waals surface area (Å²) in [6.45, 7) is 0.749. The molecule has 2 aliphatic rings. The lowest BCUT2D eigenvalue weighted by molar-refractivity contribution is -0.119. The first-order valence-corrected chi connectivity index (χ1v) is 11.1. The van der Waals surface area contributed by atoms with Crippen LogP contribution in [0.5, 0.6) is 11.5 Å². The number of rotatable bonds is 7. The monoisotopic (exact) mass is 416 g/mol. The highest BCUT2D eigenvalue weighted by Gasteiger charge is 2.36. The van der Waals surface area contributed by atoms with Gasteiger partial charge in [-0.15, -0.1) is 0 Å². The molecule has 4 rings (SSSR count). The maximum absolute atomic E-state index is 12.8. The SMILES string of the molecule is COc1ccc(CNS(=O)(=O)c2ccc3c(c2)CCN3C(=O)C2CC2)cc1OC. The van der Waals surface area contributed by atoms with Gasteiger partial charge in [-0.05, 0) is 60.7 Å². The van der Waals surface area contributed by atoms with Crippen molar-refractivity contribution < 1.29 is 22.7 Å². The number of benzene rings is 2. The summed E-state index contributed by atoms with van der Waals surface area (Å²) in [5.74, 6) is 1.43.